The first-order valence-electron chi connectivity index (χ1n) is 29.5. The highest BCUT2D eigenvalue weighted by molar-refractivity contribution is 7.47. The number of esters is 3. The van der Waals surface area contributed by atoms with Gasteiger partial charge < -0.3 is 24.2 Å². The fourth-order valence-corrected chi connectivity index (χ4v) is 8.57. The van der Waals surface area contributed by atoms with Gasteiger partial charge in [-0.25, -0.2) is 4.57 Å². The molecule has 2 N–H and O–H groups in total. The molecule has 0 spiro atoms. The molecule has 11 nitrogen and oxygen atoms in total. The zero-order valence-corrected chi connectivity index (χ0v) is 47.9. The summed E-state index contributed by atoms with van der Waals surface area (Å²) in [7, 11) is -4.76. The topological polar surface area (TPSA) is 155 Å². The molecular weight excluding hydrogens is 952 g/mol. The second-order valence-corrected chi connectivity index (χ2v) is 20.9. The van der Waals surface area contributed by atoms with Crippen LogP contribution in [-0.4, -0.2) is 66.5 Å². The highest BCUT2D eigenvalue weighted by Gasteiger charge is 2.28. The second-order valence-electron chi connectivity index (χ2n) is 19.4. The summed E-state index contributed by atoms with van der Waals surface area (Å²) in [6.07, 6.45) is 63.9. The van der Waals surface area contributed by atoms with Gasteiger partial charge >= 0.3 is 25.7 Å². The van der Waals surface area contributed by atoms with Gasteiger partial charge in [0.1, 0.15) is 12.7 Å². The summed E-state index contributed by atoms with van der Waals surface area (Å²) in [4.78, 5) is 48.6. The van der Waals surface area contributed by atoms with Crippen LogP contribution in [-0.2, 0) is 42.2 Å². The van der Waals surface area contributed by atoms with E-state index < -0.39 is 57.8 Å². The fourth-order valence-electron chi connectivity index (χ4n) is 7.78. The molecule has 0 amide bonds. The molecule has 0 aromatic heterocycles. The van der Waals surface area contributed by atoms with Crippen molar-refractivity contribution in [3.63, 3.8) is 0 Å². The Morgan fingerprint density at radius 1 is 0.392 bits per heavy atom. The number of phosphoric ester groups is 1. The monoisotopic (exact) mass is 1060 g/mol. The number of phosphoric acid groups is 1. The molecule has 3 unspecified atom stereocenters. The number of ether oxygens (including phenoxy) is 3. The molecule has 0 aliphatic carbocycles. The zero-order valence-electron chi connectivity index (χ0n) is 47.0. The van der Waals surface area contributed by atoms with Crippen LogP contribution in [0.25, 0.3) is 0 Å². The van der Waals surface area contributed by atoms with Gasteiger partial charge in [-0.3, -0.25) is 23.4 Å². The van der Waals surface area contributed by atoms with Crippen LogP contribution in [0, 0.1) is 0 Å². The molecule has 0 bridgehead atoms. The van der Waals surface area contributed by atoms with Crippen molar-refractivity contribution in [3.8, 4) is 0 Å². The number of unbranched alkanes of at least 4 members (excludes halogenated alkanes) is 23. The summed E-state index contributed by atoms with van der Waals surface area (Å²) < 4.78 is 39.5. The molecule has 74 heavy (non-hydrogen) atoms. The number of rotatable bonds is 54. The third kappa shape index (κ3) is 53.5. The van der Waals surface area contributed by atoms with Crippen LogP contribution >= 0.6 is 7.82 Å². The molecule has 0 fully saturated rings. The van der Waals surface area contributed by atoms with Gasteiger partial charge in [0.2, 0.25) is 0 Å². The molecule has 0 aliphatic heterocycles. The number of hydrogen-bond acceptors (Lipinski definition) is 10. The van der Waals surface area contributed by atoms with Gasteiger partial charge in [0.05, 0.1) is 19.8 Å². The van der Waals surface area contributed by atoms with Crippen LogP contribution < -0.4 is 0 Å². The SMILES string of the molecule is CC/C=C\C/C=C\C/C=C\CCCCCCCCCC(=O)OCC(COP(=O)(O)OCC(CO)OC(=O)CCCCCCC/C=C\C/C=C\CCCCC)OC(=O)CCCCCCC/C=C\C/C=C\CCCCC. The van der Waals surface area contributed by atoms with Crippen LogP contribution in [0.3, 0.4) is 0 Å². The molecule has 426 valence electrons. The first kappa shape index (κ1) is 70.7. The highest BCUT2D eigenvalue weighted by Crippen LogP contribution is 2.43. The van der Waals surface area contributed by atoms with Crippen molar-refractivity contribution < 1.29 is 52.2 Å². The first-order valence-corrected chi connectivity index (χ1v) is 31.0. The molecule has 0 heterocycles. The molecule has 0 saturated carbocycles. The number of aliphatic hydroxyl groups is 1. The van der Waals surface area contributed by atoms with Crippen molar-refractivity contribution in [2.75, 3.05) is 26.4 Å². The Labute approximate surface area is 451 Å². The number of carbonyl (C=O) groups excluding carboxylic acids is 3. The molecule has 0 aliphatic rings. The molecular formula is C62H107O11P. The fraction of sp³-hybridized carbons (Fsp3) is 0.726. The van der Waals surface area contributed by atoms with Crippen molar-refractivity contribution in [1.82, 2.24) is 0 Å². The zero-order chi connectivity index (χ0) is 54.1. The lowest BCUT2D eigenvalue weighted by Gasteiger charge is -2.21. The molecule has 0 radical (unpaired) electrons. The van der Waals surface area contributed by atoms with E-state index in [1.807, 2.05) is 0 Å². The summed E-state index contributed by atoms with van der Waals surface area (Å²) in [6.45, 7) is 4.45. The van der Waals surface area contributed by atoms with Crippen LogP contribution in [0.15, 0.2) is 85.1 Å². The van der Waals surface area contributed by atoms with Crippen molar-refractivity contribution in [1.29, 1.82) is 0 Å². The Morgan fingerprint density at radius 2 is 0.703 bits per heavy atom. The summed E-state index contributed by atoms with van der Waals surface area (Å²) in [5.74, 6) is -1.51. The maximum atomic E-state index is 12.9. The van der Waals surface area contributed by atoms with E-state index in [0.717, 1.165) is 141 Å². The largest absolute Gasteiger partial charge is 0.472 e. The Kier molecular flexibility index (Phi) is 53.4. The summed E-state index contributed by atoms with van der Waals surface area (Å²) >= 11 is 0. The molecule has 12 heteroatoms. The van der Waals surface area contributed by atoms with Gasteiger partial charge in [0, 0.05) is 19.3 Å². The van der Waals surface area contributed by atoms with Gasteiger partial charge in [-0.1, -0.05) is 202 Å². The minimum atomic E-state index is -4.76. The average Bonchev–Trinajstić information content (AvgIpc) is 3.39. The average molecular weight is 1060 g/mol. The van der Waals surface area contributed by atoms with Gasteiger partial charge in [0.25, 0.3) is 0 Å². The highest BCUT2D eigenvalue weighted by atomic mass is 31.2. The van der Waals surface area contributed by atoms with Crippen molar-refractivity contribution in [2.24, 2.45) is 0 Å². The van der Waals surface area contributed by atoms with Crippen molar-refractivity contribution in [2.45, 2.75) is 264 Å². The van der Waals surface area contributed by atoms with E-state index >= 15 is 0 Å². The second kappa shape index (κ2) is 55.9. The standard InChI is InChI=1S/C62H107O11P/c1-4-7-10-13-16-19-22-25-28-29-32-33-36-39-42-45-48-51-60(64)69-55-59(73-62(66)53-50-47-44-41-38-35-31-27-24-21-18-15-12-9-6-3)57-71-74(67,68)70-56-58(54-63)72-61(65)52-49-46-43-40-37-34-30-26-23-20-17-14-11-8-5-2/h7,10,16-21,25-28,30-31,58-59,63H,4-6,8-9,11-15,22-24,29,32-57H2,1-3H3,(H,67,68)/b10-7-,19-16-,20-17-,21-18-,28-25-,30-26-,31-27-. The van der Waals surface area contributed by atoms with Crippen LogP contribution in [0.4, 0.5) is 0 Å². The Morgan fingerprint density at radius 3 is 1.08 bits per heavy atom. The van der Waals surface area contributed by atoms with E-state index in [0.29, 0.717) is 19.3 Å². The molecule has 0 aromatic rings. The molecule has 3 atom stereocenters. The van der Waals surface area contributed by atoms with Gasteiger partial charge in [0.15, 0.2) is 6.10 Å². The smallest absolute Gasteiger partial charge is 0.462 e. The van der Waals surface area contributed by atoms with E-state index in [1.54, 1.807) is 0 Å². The van der Waals surface area contributed by atoms with Crippen molar-refractivity contribution >= 4 is 25.7 Å². The van der Waals surface area contributed by atoms with E-state index in [-0.39, 0.29) is 25.9 Å². The van der Waals surface area contributed by atoms with E-state index in [2.05, 4.69) is 106 Å². The van der Waals surface area contributed by atoms with Gasteiger partial charge in [-0.05, 0) is 116 Å². The van der Waals surface area contributed by atoms with Crippen LogP contribution in [0.2, 0.25) is 0 Å². The Balaban J connectivity index is 4.76. The lowest BCUT2D eigenvalue weighted by molar-refractivity contribution is -0.161. The van der Waals surface area contributed by atoms with Crippen molar-refractivity contribution in [3.05, 3.63) is 85.1 Å². The molecule has 0 rings (SSSR count). The third-order valence-corrected chi connectivity index (χ3v) is 13.2. The lowest BCUT2D eigenvalue weighted by atomic mass is 10.1. The number of allylic oxidation sites excluding steroid dienone is 14. The maximum Gasteiger partial charge on any atom is 0.472 e. The quantitative estimate of drug-likeness (QED) is 0.0197. The third-order valence-electron chi connectivity index (χ3n) is 12.3. The molecule has 0 aromatic carbocycles. The molecule has 0 saturated heterocycles. The minimum absolute atomic E-state index is 0.146. The lowest BCUT2D eigenvalue weighted by Crippen LogP contribution is -2.30. The van der Waals surface area contributed by atoms with E-state index in [4.69, 9.17) is 23.3 Å². The summed E-state index contributed by atoms with van der Waals surface area (Å²) in [5, 5.41) is 9.82. The number of aliphatic hydroxyl groups excluding tert-OH is 1. The van der Waals surface area contributed by atoms with Crippen LogP contribution in [0.5, 0.6) is 0 Å². The van der Waals surface area contributed by atoms with E-state index in [1.165, 1.54) is 51.4 Å². The predicted molar refractivity (Wildman–Crippen MR) is 307 cm³/mol. The minimum Gasteiger partial charge on any atom is -0.462 e. The summed E-state index contributed by atoms with van der Waals surface area (Å²) in [6, 6.07) is 0. The Hall–Kier alpha value is -3.34. The number of hydrogen-bond donors (Lipinski definition) is 2. The normalized spacial score (nSPS) is 14.0. The Bertz CT molecular complexity index is 1560. The van der Waals surface area contributed by atoms with Gasteiger partial charge in [-0.2, -0.15) is 0 Å². The van der Waals surface area contributed by atoms with E-state index in [9.17, 15) is 28.9 Å². The number of carbonyl (C=O) groups is 3. The maximum absolute atomic E-state index is 12.9. The summed E-state index contributed by atoms with van der Waals surface area (Å²) in [5.41, 5.74) is 0. The van der Waals surface area contributed by atoms with Gasteiger partial charge in [-0.15, -0.1) is 0 Å². The predicted octanol–water partition coefficient (Wildman–Crippen LogP) is 17.5. The first-order chi connectivity index (χ1) is 36.2. The van der Waals surface area contributed by atoms with Crippen LogP contribution in [0.1, 0.15) is 252 Å².